The zero-order valence-corrected chi connectivity index (χ0v) is 36.5. The Labute approximate surface area is 392 Å². The molecule has 0 spiro atoms. The first-order valence-corrected chi connectivity index (χ1v) is 22.3. The Balaban J connectivity index is 1.18. The van der Waals surface area contributed by atoms with Crippen LogP contribution in [0.2, 0.25) is 0 Å². The second-order valence-corrected chi connectivity index (χ2v) is 16.9. The first-order valence-electron chi connectivity index (χ1n) is 22.3. The Morgan fingerprint density at radius 3 is 1.43 bits per heavy atom. The molecule has 6 heteroatoms. The molecule has 0 aliphatic heterocycles. The highest BCUT2D eigenvalue weighted by Gasteiger charge is 2.24. The van der Waals surface area contributed by atoms with Crippen molar-refractivity contribution >= 4 is 55.0 Å². The lowest BCUT2D eigenvalue weighted by molar-refractivity contribution is 1.10. The molecule has 0 N–H and O–H groups in total. The maximum Gasteiger partial charge on any atom is 0.197 e. The summed E-state index contributed by atoms with van der Waals surface area (Å²) in [5, 5.41) is 14.0. The average Bonchev–Trinajstić information content (AvgIpc) is 3.93. The number of nitriles is 1. The SMILES string of the molecule is [C-]#[N+]c1cccc(-c2ccc3c(c2)c2ccccc2n3-c2cc(-c3cc(-c4ccccc4)nc(-c4ccccc4)c3)c([N+]#[C-])cc2-n2c3ccccc3c3cc(-c4cccc(C#N)c4)ccc32)c1. The van der Waals surface area contributed by atoms with Crippen LogP contribution in [0.4, 0.5) is 11.4 Å². The normalized spacial score (nSPS) is 11.2. The number of hydrogen-bond acceptors (Lipinski definition) is 2. The summed E-state index contributed by atoms with van der Waals surface area (Å²) in [6.07, 6.45) is 0. The number of rotatable bonds is 7. The highest BCUT2D eigenvalue weighted by molar-refractivity contribution is 6.13. The van der Waals surface area contributed by atoms with Crippen molar-refractivity contribution in [3.8, 4) is 73.3 Å². The highest BCUT2D eigenvalue weighted by Crippen LogP contribution is 2.45. The van der Waals surface area contributed by atoms with E-state index in [1.807, 2.05) is 78.9 Å². The molecule has 0 atom stereocenters. The number of pyridine rings is 1. The van der Waals surface area contributed by atoms with Crippen LogP contribution in [0, 0.1) is 24.5 Å². The second kappa shape index (κ2) is 16.3. The molecule has 68 heavy (non-hydrogen) atoms. The number of hydrogen-bond donors (Lipinski definition) is 0. The van der Waals surface area contributed by atoms with Gasteiger partial charge in [0.2, 0.25) is 0 Å². The van der Waals surface area contributed by atoms with Gasteiger partial charge in [-0.05, 0) is 112 Å². The van der Waals surface area contributed by atoms with E-state index in [2.05, 4.69) is 164 Å². The number of nitrogens with zero attached hydrogens (tertiary/aromatic N) is 6. The third-order valence-electron chi connectivity index (χ3n) is 12.9. The Bertz CT molecular complexity index is 4060. The summed E-state index contributed by atoms with van der Waals surface area (Å²) < 4.78 is 4.65. The van der Waals surface area contributed by atoms with E-state index in [0.717, 1.165) is 111 Å². The summed E-state index contributed by atoms with van der Waals surface area (Å²) >= 11 is 0. The van der Waals surface area contributed by atoms with E-state index in [4.69, 9.17) is 18.1 Å². The van der Waals surface area contributed by atoms with Gasteiger partial charge in [-0.1, -0.05) is 140 Å². The van der Waals surface area contributed by atoms with E-state index in [0.29, 0.717) is 16.9 Å². The molecule has 0 radical (unpaired) electrons. The molecule has 0 bridgehead atoms. The van der Waals surface area contributed by atoms with Crippen LogP contribution in [0.5, 0.6) is 0 Å². The van der Waals surface area contributed by atoms with Gasteiger partial charge < -0.3 is 9.13 Å². The third-order valence-corrected chi connectivity index (χ3v) is 12.9. The number of aromatic nitrogens is 3. The van der Waals surface area contributed by atoms with Crippen molar-refractivity contribution < 1.29 is 0 Å². The van der Waals surface area contributed by atoms with Crippen LogP contribution in [-0.4, -0.2) is 14.1 Å². The minimum atomic E-state index is 0.506. The van der Waals surface area contributed by atoms with Crippen LogP contribution in [0.25, 0.3) is 121 Å². The molecule has 0 aliphatic carbocycles. The van der Waals surface area contributed by atoms with Gasteiger partial charge in [0.25, 0.3) is 0 Å². The molecular formula is C62H36N6. The van der Waals surface area contributed by atoms with Crippen molar-refractivity contribution in [2.45, 2.75) is 0 Å². The summed E-state index contributed by atoms with van der Waals surface area (Å²) in [7, 11) is 0. The summed E-state index contributed by atoms with van der Waals surface area (Å²) in [5.74, 6) is 0. The van der Waals surface area contributed by atoms with Crippen molar-refractivity contribution in [2.75, 3.05) is 0 Å². The lowest BCUT2D eigenvalue weighted by Gasteiger charge is -2.20. The molecule has 3 aromatic heterocycles. The second-order valence-electron chi connectivity index (χ2n) is 16.9. The predicted octanol–water partition coefficient (Wildman–Crippen LogP) is 16.6. The van der Waals surface area contributed by atoms with Crippen molar-refractivity contribution in [1.82, 2.24) is 14.1 Å². The van der Waals surface area contributed by atoms with E-state index in [1.54, 1.807) is 0 Å². The Hall–Kier alpha value is -9.80. The maximum atomic E-state index is 9.75. The molecule has 0 amide bonds. The molecule has 314 valence electrons. The molecule has 3 heterocycles. The van der Waals surface area contributed by atoms with Gasteiger partial charge in [-0.2, -0.15) is 5.26 Å². The summed E-state index contributed by atoms with van der Waals surface area (Å²) in [4.78, 5) is 13.2. The molecule has 6 nitrogen and oxygen atoms in total. The van der Waals surface area contributed by atoms with E-state index in [9.17, 15) is 5.26 Å². The molecule has 9 aromatic carbocycles. The number of benzene rings is 9. The number of para-hydroxylation sites is 2. The van der Waals surface area contributed by atoms with Gasteiger partial charge in [0.05, 0.1) is 69.6 Å². The zero-order valence-electron chi connectivity index (χ0n) is 36.5. The van der Waals surface area contributed by atoms with Gasteiger partial charge in [-0.3, -0.25) is 0 Å². The first-order chi connectivity index (χ1) is 33.6. The molecule has 0 unspecified atom stereocenters. The van der Waals surface area contributed by atoms with Crippen molar-refractivity contribution in [2.24, 2.45) is 0 Å². The van der Waals surface area contributed by atoms with Gasteiger partial charge in [-0.25, -0.2) is 14.7 Å². The van der Waals surface area contributed by atoms with Gasteiger partial charge in [0.1, 0.15) is 0 Å². The Morgan fingerprint density at radius 1 is 0.382 bits per heavy atom. The lowest BCUT2D eigenvalue weighted by atomic mass is 9.97. The quantitative estimate of drug-likeness (QED) is 0.150. The van der Waals surface area contributed by atoms with E-state index in [1.165, 1.54) is 0 Å². The van der Waals surface area contributed by atoms with Crippen LogP contribution >= 0.6 is 0 Å². The van der Waals surface area contributed by atoms with E-state index in [-0.39, 0.29) is 0 Å². The van der Waals surface area contributed by atoms with Gasteiger partial charge in [0, 0.05) is 32.7 Å². The maximum absolute atomic E-state index is 9.75. The fourth-order valence-electron chi connectivity index (χ4n) is 9.79. The summed E-state index contributed by atoms with van der Waals surface area (Å²) in [6.45, 7) is 16.6. The van der Waals surface area contributed by atoms with E-state index >= 15 is 0 Å². The molecule has 0 fully saturated rings. The third kappa shape index (κ3) is 6.67. The zero-order chi connectivity index (χ0) is 45.7. The smallest absolute Gasteiger partial charge is 0.197 e. The largest absolute Gasteiger partial charge is 0.308 e. The van der Waals surface area contributed by atoms with Gasteiger partial charge >= 0.3 is 0 Å². The Kier molecular flexibility index (Phi) is 9.55. The molecule has 0 saturated carbocycles. The van der Waals surface area contributed by atoms with Crippen LogP contribution < -0.4 is 0 Å². The number of fused-ring (bicyclic) bond motifs is 6. The van der Waals surface area contributed by atoms with Crippen molar-refractivity contribution in [3.05, 3.63) is 247 Å². The molecule has 0 aliphatic rings. The average molecular weight is 865 g/mol. The summed E-state index contributed by atoms with van der Waals surface area (Å²) in [5.41, 5.74) is 16.7. The predicted molar refractivity (Wildman–Crippen MR) is 277 cm³/mol. The standard InChI is InChI=1S/C62H36N6/c1-64-48-22-14-21-44(32-48)46-28-30-59-53(34-46)49-23-9-11-25-57(49)67(59)61-37-51(47-35-54(41-16-5-3-6-17-41)66-55(36-47)42-18-7-4-8-19-42)56(65-2)38-62(61)68-58-26-12-10-24-50(58)52-33-45(27-29-60(52)68)43-20-13-15-40(31-43)39-63/h3-38H. The first kappa shape index (κ1) is 39.8. The topological polar surface area (TPSA) is 55.3 Å². The van der Waals surface area contributed by atoms with Crippen LogP contribution in [0.15, 0.2) is 218 Å². The van der Waals surface area contributed by atoms with Gasteiger partial charge in [0.15, 0.2) is 11.4 Å². The molecule has 12 aromatic rings. The van der Waals surface area contributed by atoms with Crippen LogP contribution in [-0.2, 0) is 0 Å². The minimum absolute atomic E-state index is 0.506. The highest BCUT2D eigenvalue weighted by atomic mass is 15.1. The molecular weight excluding hydrogens is 829 g/mol. The Morgan fingerprint density at radius 2 is 0.868 bits per heavy atom. The molecule has 12 rings (SSSR count). The van der Waals surface area contributed by atoms with Crippen molar-refractivity contribution in [3.63, 3.8) is 0 Å². The molecule has 0 saturated heterocycles. The minimum Gasteiger partial charge on any atom is -0.308 e. The van der Waals surface area contributed by atoms with Gasteiger partial charge in [-0.15, -0.1) is 0 Å². The summed E-state index contributed by atoms with van der Waals surface area (Å²) in [6, 6.07) is 76.7. The van der Waals surface area contributed by atoms with Crippen molar-refractivity contribution in [1.29, 1.82) is 5.26 Å². The van der Waals surface area contributed by atoms with E-state index < -0.39 is 0 Å². The lowest BCUT2D eigenvalue weighted by Crippen LogP contribution is -2.04. The fraction of sp³-hybridized carbons (Fsp3) is 0. The fourth-order valence-corrected chi connectivity index (χ4v) is 9.79. The van der Waals surface area contributed by atoms with Crippen LogP contribution in [0.1, 0.15) is 5.56 Å². The van der Waals surface area contributed by atoms with Crippen LogP contribution in [0.3, 0.4) is 0 Å². The monoisotopic (exact) mass is 864 g/mol.